The van der Waals surface area contributed by atoms with Crippen molar-refractivity contribution in [3.63, 3.8) is 0 Å². The molecular weight excluding hydrogens is 224 g/mol. The average molecular weight is 254 g/mol. The van der Waals surface area contributed by atoms with E-state index in [4.69, 9.17) is 10.2 Å². The van der Waals surface area contributed by atoms with Crippen LogP contribution in [0.1, 0.15) is 63.8 Å². The van der Waals surface area contributed by atoms with Crippen molar-refractivity contribution in [3.05, 3.63) is 24.2 Å². The SMILES string of the molecule is [2H]c1c([2H])c(OCCCCCCCCCC)c([2H])c([2H])c1O. The maximum atomic E-state index is 9.45. The Morgan fingerprint density at radius 2 is 1.50 bits per heavy atom. The fraction of sp³-hybridized carbons (Fsp3) is 0.625. The minimum atomic E-state index is -0.630. The molecule has 2 nitrogen and oxygen atoms in total. The lowest BCUT2D eigenvalue weighted by molar-refractivity contribution is 0.304. The number of hydrogen-bond donors (Lipinski definition) is 1. The Morgan fingerprint density at radius 1 is 0.944 bits per heavy atom. The topological polar surface area (TPSA) is 29.5 Å². The van der Waals surface area contributed by atoms with E-state index in [9.17, 15) is 5.11 Å². The third kappa shape index (κ3) is 7.21. The summed E-state index contributed by atoms with van der Waals surface area (Å²) < 4.78 is 35.9. The number of aromatic hydroxyl groups is 1. The van der Waals surface area contributed by atoms with Gasteiger partial charge in [0.05, 0.1) is 12.1 Å². The van der Waals surface area contributed by atoms with Gasteiger partial charge in [-0.3, -0.25) is 0 Å². The van der Waals surface area contributed by atoms with Gasteiger partial charge in [0.15, 0.2) is 0 Å². The largest absolute Gasteiger partial charge is 0.508 e. The van der Waals surface area contributed by atoms with Gasteiger partial charge in [0.1, 0.15) is 11.5 Å². The van der Waals surface area contributed by atoms with E-state index in [0.717, 1.165) is 19.3 Å². The molecule has 0 radical (unpaired) electrons. The molecule has 102 valence electrons. The Hall–Kier alpha value is -1.18. The van der Waals surface area contributed by atoms with Crippen LogP contribution in [0.25, 0.3) is 0 Å². The van der Waals surface area contributed by atoms with Gasteiger partial charge < -0.3 is 9.84 Å². The molecule has 0 saturated heterocycles. The van der Waals surface area contributed by atoms with Gasteiger partial charge >= 0.3 is 0 Å². The summed E-state index contributed by atoms with van der Waals surface area (Å²) in [5, 5.41) is 9.45. The quantitative estimate of drug-likeness (QED) is 0.601. The summed E-state index contributed by atoms with van der Waals surface area (Å²) in [5.74, 6) is -0.704. The predicted molar refractivity (Wildman–Crippen MR) is 76.2 cm³/mol. The fourth-order valence-corrected chi connectivity index (χ4v) is 1.78. The molecule has 0 atom stereocenters. The molecule has 18 heavy (non-hydrogen) atoms. The molecule has 0 heterocycles. The Labute approximate surface area is 117 Å². The molecule has 1 rings (SSSR count). The molecule has 2 heteroatoms. The summed E-state index contributed by atoms with van der Waals surface area (Å²) >= 11 is 0. The second-order valence-electron chi connectivity index (χ2n) is 4.50. The fourth-order valence-electron chi connectivity index (χ4n) is 1.78. The number of unbranched alkanes of at least 4 members (excludes halogenated alkanes) is 7. The number of ether oxygens (including phenoxy) is 1. The van der Waals surface area contributed by atoms with E-state index >= 15 is 0 Å². The Morgan fingerprint density at radius 3 is 2.11 bits per heavy atom. The van der Waals surface area contributed by atoms with E-state index in [0.29, 0.717) is 6.61 Å². The standard InChI is InChI=1S/C16H26O2/c1-2-3-4-5-6-7-8-9-14-18-16-12-10-15(17)11-13-16/h10-13,17H,2-9,14H2,1H3/i10D,11D,12D,13D. The number of phenolic OH excluding ortho intramolecular Hbond substituents is 1. The molecule has 1 aromatic carbocycles. The van der Waals surface area contributed by atoms with Gasteiger partial charge in [0.2, 0.25) is 0 Å². The normalized spacial score (nSPS) is 13.6. The smallest absolute Gasteiger partial charge is 0.119 e. The van der Waals surface area contributed by atoms with Crippen LogP contribution in [0.5, 0.6) is 11.5 Å². The van der Waals surface area contributed by atoms with E-state index in [1.54, 1.807) is 0 Å². The number of rotatable bonds is 10. The molecule has 0 aromatic heterocycles. The highest BCUT2D eigenvalue weighted by Crippen LogP contribution is 2.16. The van der Waals surface area contributed by atoms with E-state index in [1.807, 2.05) is 0 Å². The molecule has 0 aliphatic carbocycles. The predicted octanol–water partition coefficient (Wildman–Crippen LogP) is 4.91. The van der Waals surface area contributed by atoms with Crippen LogP contribution >= 0.6 is 0 Å². The molecule has 0 bridgehead atoms. The Bertz CT molecular complexity index is 449. The van der Waals surface area contributed by atoms with Crippen LogP contribution in [0.2, 0.25) is 0 Å². The molecule has 1 N–H and O–H groups in total. The number of phenols is 1. The van der Waals surface area contributed by atoms with Gasteiger partial charge in [0, 0.05) is 0 Å². The molecule has 1 aromatic rings. The third-order valence-electron chi connectivity index (χ3n) is 2.83. The molecular formula is C16H26O2. The van der Waals surface area contributed by atoms with Gasteiger partial charge in [-0.1, -0.05) is 51.9 Å². The average Bonchev–Trinajstić information content (AvgIpc) is 2.52. The van der Waals surface area contributed by atoms with Gasteiger partial charge in [-0.25, -0.2) is 0 Å². The lowest BCUT2D eigenvalue weighted by Gasteiger charge is -2.06. The van der Waals surface area contributed by atoms with E-state index in [-0.39, 0.29) is 17.8 Å². The molecule has 0 saturated carbocycles. The first-order valence-electron chi connectivity index (χ1n) is 8.92. The van der Waals surface area contributed by atoms with Crippen LogP contribution in [0.15, 0.2) is 24.2 Å². The van der Waals surface area contributed by atoms with Crippen LogP contribution in [0.4, 0.5) is 0 Å². The van der Waals surface area contributed by atoms with Gasteiger partial charge in [-0.2, -0.15) is 0 Å². The van der Waals surface area contributed by atoms with Crippen molar-refractivity contribution in [2.24, 2.45) is 0 Å². The monoisotopic (exact) mass is 254 g/mol. The van der Waals surface area contributed by atoms with E-state index in [1.165, 1.54) is 32.1 Å². The van der Waals surface area contributed by atoms with Crippen LogP contribution in [-0.2, 0) is 0 Å². The number of hydrogen-bond acceptors (Lipinski definition) is 2. The zero-order chi connectivity index (χ0) is 16.5. The Kier molecular flexibility index (Phi) is 5.29. The van der Waals surface area contributed by atoms with Crippen LogP contribution < -0.4 is 4.74 Å². The van der Waals surface area contributed by atoms with Gasteiger partial charge in [-0.15, -0.1) is 0 Å². The highest BCUT2D eigenvalue weighted by atomic mass is 16.5. The summed E-state index contributed by atoms with van der Waals surface area (Å²) in [7, 11) is 0. The highest BCUT2D eigenvalue weighted by molar-refractivity contribution is 5.29. The summed E-state index contributed by atoms with van der Waals surface area (Å²) in [6.45, 7) is 2.57. The van der Waals surface area contributed by atoms with Gasteiger partial charge in [0.25, 0.3) is 0 Å². The molecule has 0 fully saturated rings. The van der Waals surface area contributed by atoms with Crippen LogP contribution in [0.3, 0.4) is 0 Å². The van der Waals surface area contributed by atoms with Crippen molar-refractivity contribution < 1.29 is 15.3 Å². The van der Waals surface area contributed by atoms with Crippen molar-refractivity contribution in [1.82, 2.24) is 0 Å². The lowest BCUT2D eigenvalue weighted by atomic mass is 10.1. The van der Waals surface area contributed by atoms with E-state index < -0.39 is 17.8 Å². The lowest BCUT2D eigenvalue weighted by Crippen LogP contribution is -1.96. The van der Waals surface area contributed by atoms with Crippen molar-refractivity contribution in [1.29, 1.82) is 0 Å². The molecule has 0 aliphatic heterocycles. The summed E-state index contributed by atoms with van der Waals surface area (Å²) in [6, 6.07) is -1.55. The Balaban J connectivity index is 2.34. The van der Waals surface area contributed by atoms with Crippen molar-refractivity contribution >= 4 is 0 Å². The summed E-state index contributed by atoms with van der Waals surface area (Å²) in [5.41, 5.74) is 0. The first-order valence-corrected chi connectivity index (χ1v) is 6.92. The first kappa shape index (κ1) is 9.71. The maximum Gasteiger partial charge on any atom is 0.119 e. The summed E-state index contributed by atoms with van der Waals surface area (Å²) in [6.07, 6.45) is 9.35. The first-order chi connectivity index (χ1) is 10.5. The molecule has 0 unspecified atom stereocenters. The summed E-state index contributed by atoms with van der Waals surface area (Å²) in [4.78, 5) is 0. The van der Waals surface area contributed by atoms with Gasteiger partial charge in [-0.05, 0) is 30.6 Å². The second-order valence-corrected chi connectivity index (χ2v) is 4.50. The maximum absolute atomic E-state index is 9.45. The van der Waals surface area contributed by atoms with Crippen molar-refractivity contribution in [2.45, 2.75) is 58.3 Å². The molecule has 0 spiro atoms. The van der Waals surface area contributed by atoms with Crippen molar-refractivity contribution in [2.75, 3.05) is 6.61 Å². The minimum absolute atomic E-state index is 0.0734. The van der Waals surface area contributed by atoms with Crippen LogP contribution in [0, 0.1) is 0 Å². The third-order valence-corrected chi connectivity index (χ3v) is 2.83. The molecule has 0 amide bonds. The highest BCUT2D eigenvalue weighted by Gasteiger charge is 1.95. The zero-order valence-corrected chi connectivity index (χ0v) is 11.2. The second kappa shape index (κ2) is 9.81. The zero-order valence-electron chi connectivity index (χ0n) is 15.2. The van der Waals surface area contributed by atoms with E-state index in [2.05, 4.69) is 6.92 Å². The number of benzene rings is 1. The minimum Gasteiger partial charge on any atom is -0.508 e. The van der Waals surface area contributed by atoms with Crippen molar-refractivity contribution in [3.8, 4) is 11.5 Å². The molecule has 0 aliphatic rings. The van der Waals surface area contributed by atoms with Crippen LogP contribution in [-0.4, -0.2) is 11.7 Å².